The molecule has 0 fully saturated rings. The Bertz CT molecular complexity index is 436. The van der Waals surface area contributed by atoms with Gasteiger partial charge in [0.2, 0.25) is 0 Å². The van der Waals surface area contributed by atoms with Crippen LogP contribution in [0.5, 0.6) is 0 Å². The van der Waals surface area contributed by atoms with Gasteiger partial charge in [-0.1, -0.05) is 42.5 Å². The van der Waals surface area contributed by atoms with Gasteiger partial charge in [-0.2, -0.15) is 0 Å². The van der Waals surface area contributed by atoms with E-state index in [1.54, 1.807) is 0 Å². The Morgan fingerprint density at radius 3 is 2.19 bits per heavy atom. The van der Waals surface area contributed by atoms with Gasteiger partial charge in [0, 0.05) is 9.61 Å². The molecule has 0 aliphatic carbocycles. The fraction of sp³-hybridized carbons (Fsp3) is 0.143. The van der Waals surface area contributed by atoms with Gasteiger partial charge in [-0.25, -0.2) is 0 Å². The molecule has 0 saturated carbocycles. The molecule has 0 aliphatic rings. The SMILES string of the molecule is NC(Cc1ccccc1)c1ccc(I)cc1. The van der Waals surface area contributed by atoms with Gasteiger partial charge in [-0.3, -0.25) is 0 Å². The van der Waals surface area contributed by atoms with E-state index in [1.807, 2.05) is 6.07 Å². The molecule has 0 aromatic heterocycles. The van der Waals surface area contributed by atoms with Crippen LogP contribution in [0, 0.1) is 3.57 Å². The van der Waals surface area contributed by atoms with Crippen molar-refractivity contribution in [2.75, 3.05) is 0 Å². The third kappa shape index (κ3) is 3.06. The number of benzene rings is 2. The average molecular weight is 323 g/mol. The molecule has 16 heavy (non-hydrogen) atoms. The van der Waals surface area contributed by atoms with E-state index in [-0.39, 0.29) is 6.04 Å². The minimum Gasteiger partial charge on any atom is -0.324 e. The molecule has 2 aromatic rings. The van der Waals surface area contributed by atoms with Gasteiger partial charge in [0.25, 0.3) is 0 Å². The van der Waals surface area contributed by atoms with E-state index in [1.165, 1.54) is 14.7 Å². The highest BCUT2D eigenvalue weighted by molar-refractivity contribution is 14.1. The number of hydrogen-bond acceptors (Lipinski definition) is 1. The Morgan fingerprint density at radius 2 is 1.56 bits per heavy atom. The minimum atomic E-state index is 0.0828. The molecule has 0 aliphatic heterocycles. The molecule has 2 heteroatoms. The van der Waals surface area contributed by atoms with Crippen molar-refractivity contribution in [1.82, 2.24) is 0 Å². The Morgan fingerprint density at radius 1 is 0.938 bits per heavy atom. The number of rotatable bonds is 3. The molecule has 0 spiro atoms. The smallest absolute Gasteiger partial charge is 0.0335 e. The second-order valence-corrected chi connectivity index (χ2v) is 5.09. The van der Waals surface area contributed by atoms with Crippen molar-refractivity contribution in [3.05, 3.63) is 69.3 Å². The van der Waals surface area contributed by atoms with Gasteiger partial charge in [0.1, 0.15) is 0 Å². The van der Waals surface area contributed by atoms with Crippen molar-refractivity contribution in [2.24, 2.45) is 5.73 Å². The lowest BCUT2D eigenvalue weighted by Crippen LogP contribution is -2.13. The summed E-state index contributed by atoms with van der Waals surface area (Å²) in [4.78, 5) is 0. The van der Waals surface area contributed by atoms with E-state index in [2.05, 4.69) is 71.1 Å². The van der Waals surface area contributed by atoms with Crippen LogP contribution in [-0.4, -0.2) is 0 Å². The zero-order valence-corrected chi connectivity index (χ0v) is 11.1. The summed E-state index contributed by atoms with van der Waals surface area (Å²) in [6, 6.07) is 18.9. The molecule has 0 amide bonds. The third-order valence-corrected chi connectivity index (χ3v) is 3.32. The van der Waals surface area contributed by atoms with Gasteiger partial charge in [-0.05, 0) is 52.3 Å². The largest absolute Gasteiger partial charge is 0.324 e. The summed E-state index contributed by atoms with van der Waals surface area (Å²) < 4.78 is 1.24. The molecule has 0 saturated heterocycles. The molecule has 0 radical (unpaired) electrons. The van der Waals surface area contributed by atoms with Crippen LogP contribution in [0.3, 0.4) is 0 Å². The molecule has 1 nitrogen and oxygen atoms in total. The maximum Gasteiger partial charge on any atom is 0.0335 e. The third-order valence-electron chi connectivity index (χ3n) is 2.60. The van der Waals surface area contributed by atoms with Crippen LogP contribution in [0.4, 0.5) is 0 Å². The zero-order chi connectivity index (χ0) is 11.4. The Labute approximate surface area is 110 Å². The summed E-state index contributed by atoms with van der Waals surface area (Å²) in [6.07, 6.45) is 0.890. The predicted octanol–water partition coefficient (Wildman–Crippen LogP) is 3.53. The van der Waals surface area contributed by atoms with Crippen molar-refractivity contribution in [2.45, 2.75) is 12.5 Å². The fourth-order valence-electron chi connectivity index (χ4n) is 1.70. The van der Waals surface area contributed by atoms with E-state index in [4.69, 9.17) is 5.73 Å². The van der Waals surface area contributed by atoms with Crippen LogP contribution < -0.4 is 5.73 Å². The molecular weight excluding hydrogens is 309 g/mol. The summed E-state index contributed by atoms with van der Waals surface area (Å²) in [7, 11) is 0. The van der Waals surface area contributed by atoms with Gasteiger partial charge in [0.05, 0.1) is 0 Å². The van der Waals surface area contributed by atoms with Crippen LogP contribution >= 0.6 is 22.6 Å². The molecule has 2 aromatic carbocycles. The van der Waals surface area contributed by atoms with Gasteiger partial charge in [0.15, 0.2) is 0 Å². The van der Waals surface area contributed by atoms with Gasteiger partial charge in [-0.15, -0.1) is 0 Å². The monoisotopic (exact) mass is 323 g/mol. The standard InChI is InChI=1S/C14H14IN/c15-13-8-6-12(7-9-13)14(16)10-11-4-2-1-3-5-11/h1-9,14H,10,16H2. The molecule has 2 rings (SSSR count). The van der Waals surface area contributed by atoms with Crippen LogP contribution in [0.25, 0.3) is 0 Å². The number of halogens is 1. The summed E-state index contributed by atoms with van der Waals surface area (Å²) in [5.74, 6) is 0. The summed E-state index contributed by atoms with van der Waals surface area (Å²) >= 11 is 2.30. The highest BCUT2D eigenvalue weighted by Crippen LogP contribution is 2.17. The van der Waals surface area contributed by atoms with E-state index in [0.717, 1.165) is 6.42 Å². The van der Waals surface area contributed by atoms with Crippen LogP contribution in [0.15, 0.2) is 54.6 Å². The second kappa shape index (κ2) is 5.46. The maximum atomic E-state index is 6.17. The first-order chi connectivity index (χ1) is 7.75. The first-order valence-corrected chi connectivity index (χ1v) is 6.38. The van der Waals surface area contributed by atoms with Crippen molar-refractivity contribution in [1.29, 1.82) is 0 Å². The van der Waals surface area contributed by atoms with Crippen molar-refractivity contribution in [3.8, 4) is 0 Å². The molecule has 1 unspecified atom stereocenters. The first-order valence-electron chi connectivity index (χ1n) is 5.30. The molecule has 0 bridgehead atoms. The Kier molecular flexibility index (Phi) is 3.96. The first kappa shape index (κ1) is 11.6. The van der Waals surface area contributed by atoms with Gasteiger partial charge < -0.3 is 5.73 Å². The maximum absolute atomic E-state index is 6.17. The number of hydrogen-bond donors (Lipinski definition) is 1. The van der Waals surface area contributed by atoms with Crippen molar-refractivity contribution >= 4 is 22.6 Å². The van der Waals surface area contributed by atoms with Gasteiger partial charge >= 0.3 is 0 Å². The van der Waals surface area contributed by atoms with Crippen molar-refractivity contribution < 1.29 is 0 Å². The summed E-state index contributed by atoms with van der Waals surface area (Å²) in [5.41, 5.74) is 8.66. The van der Waals surface area contributed by atoms with Crippen molar-refractivity contribution in [3.63, 3.8) is 0 Å². The predicted molar refractivity (Wildman–Crippen MR) is 76.2 cm³/mol. The lowest BCUT2D eigenvalue weighted by molar-refractivity contribution is 0.722. The molecule has 0 heterocycles. The van der Waals surface area contributed by atoms with Crippen LogP contribution in [0.2, 0.25) is 0 Å². The normalized spacial score (nSPS) is 12.4. The van der Waals surface area contributed by atoms with Crippen LogP contribution in [-0.2, 0) is 6.42 Å². The van der Waals surface area contributed by atoms with E-state index >= 15 is 0 Å². The van der Waals surface area contributed by atoms with Crippen LogP contribution in [0.1, 0.15) is 17.2 Å². The highest BCUT2D eigenvalue weighted by Gasteiger charge is 2.06. The second-order valence-electron chi connectivity index (χ2n) is 3.85. The number of nitrogens with two attached hydrogens (primary N) is 1. The summed E-state index contributed by atoms with van der Waals surface area (Å²) in [5, 5.41) is 0. The van der Waals surface area contributed by atoms with E-state index in [9.17, 15) is 0 Å². The quantitative estimate of drug-likeness (QED) is 0.859. The fourth-order valence-corrected chi connectivity index (χ4v) is 2.06. The average Bonchev–Trinajstić information content (AvgIpc) is 2.31. The lowest BCUT2D eigenvalue weighted by Gasteiger charge is -2.12. The molecule has 2 N–H and O–H groups in total. The summed E-state index contributed by atoms with van der Waals surface area (Å²) in [6.45, 7) is 0. The molecule has 1 atom stereocenters. The lowest BCUT2D eigenvalue weighted by atomic mass is 10.00. The minimum absolute atomic E-state index is 0.0828. The highest BCUT2D eigenvalue weighted by atomic mass is 127. The Balaban J connectivity index is 2.09. The molecule has 82 valence electrons. The zero-order valence-electron chi connectivity index (χ0n) is 8.94. The molecular formula is C14H14IN. The van der Waals surface area contributed by atoms with E-state index in [0.29, 0.717) is 0 Å². The van der Waals surface area contributed by atoms with E-state index < -0.39 is 0 Å². The Hall–Kier alpha value is -0.870. The topological polar surface area (TPSA) is 26.0 Å².